The molecule has 5 heteroatoms. The molecule has 1 aromatic rings. The lowest BCUT2D eigenvalue weighted by Crippen LogP contribution is -2.38. The topological polar surface area (TPSA) is 45.7 Å². The number of guanidine groups is 1. The summed E-state index contributed by atoms with van der Waals surface area (Å²) in [4.78, 5) is 4.48. The van der Waals surface area contributed by atoms with Crippen LogP contribution in [0.1, 0.15) is 32.8 Å². The van der Waals surface area contributed by atoms with Crippen molar-refractivity contribution in [3.8, 4) is 0 Å². The summed E-state index contributed by atoms with van der Waals surface area (Å²) in [7, 11) is 0. The van der Waals surface area contributed by atoms with Gasteiger partial charge in [0.15, 0.2) is 5.96 Å². The first kappa shape index (κ1) is 18.4. The number of aliphatic imine (C=N–C) groups is 1. The fraction of sp³-hybridized carbons (Fsp3) is 0.588. The van der Waals surface area contributed by atoms with E-state index in [0.29, 0.717) is 19.5 Å². The van der Waals surface area contributed by atoms with Crippen molar-refractivity contribution < 1.29 is 9.13 Å². The van der Waals surface area contributed by atoms with Gasteiger partial charge in [0.2, 0.25) is 0 Å². The third-order valence-corrected chi connectivity index (χ3v) is 3.01. The van der Waals surface area contributed by atoms with Crippen molar-refractivity contribution >= 4 is 5.96 Å². The van der Waals surface area contributed by atoms with E-state index in [-0.39, 0.29) is 11.9 Å². The van der Waals surface area contributed by atoms with Crippen LogP contribution >= 0.6 is 0 Å². The normalized spacial score (nSPS) is 11.8. The Morgan fingerprint density at radius 2 is 2.05 bits per heavy atom. The SMILES string of the molecule is CCNC(=NCCCOC(C)C)NCCc1ccccc1F. The second-order valence-electron chi connectivity index (χ2n) is 5.30. The van der Waals surface area contributed by atoms with Gasteiger partial charge in [0.05, 0.1) is 6.10 Å². The number of hydrogen-bond acceptors (Lipinski definition) is 2. The quantitative estimate of drug-likeness (QED) is 0.419. The van der Waals surface area contributed by atoms with Gasteiger partial charge in [-0.05, 0) is 45.2 Å². The van der Waals surface area contributed by atoms with Gasteiger partial charge in [-0.2, -0.15) is 0 Å². The molecule has 4 nitrogen and oxygen atoms in total. The Labute approximate surface area is 133 Å². The van der Waals surface area contributed by atoms with Gasteiger partial charge in [-0.15, -0.1) is 0 Å². The number of nitrogens with one attached hydrogen (secondary N) is 2. The monoisotopic (exact) mass is 309 g/mol. The summed E-state index contributed by atoms with van der Waals surface area (Å²) in [6.07, 6.45) is 1.78. The van der Waals surface area contributed by atoms with Crippen LogP contribution in [0.5, 0.6) is 0 Å². The third kappa shape index (κ3) is 7.98. The van der Waals surface area contributed by atoms with Gasteiger partial charge in [0.1, 0.15) is 5.82 Å². The fourth-order valence-electron chi connectivity index (χ4n) is 1.93. The highest BCUT2D eigenvalue weighted by atomic mass is 19.1. The summed E-state index contributed by atoms with van der Waals surface area (Å²) in [5, 5.41) is 6.41. The first-order chi connectivity index (χ1) is 10.6. The van der Waals surface area contributed by atoms with Crippen molar-refractivity contribution in [3.05, 3.63) is 35.6 Å². The maximum absolute atomic E-state index is 13.5. The summed E-state index contributed by atoms with van der Waals surface area (Å²) in [5.41, 5.74) is 0.719. The van der Waals surface area contributed by atoms with Crippen molar-refractivity contribution in [1.82, 2.24) is 10.6 Å². The van der Waals surface area contributed by atoms with Crippen LogP contribution in [0, 0.1) is 5.82 Å². The zero-order valence-electron chi connectivity index (χ0n) is 13.9. The van der Waals surface area contributed by atoms with E-state index in [1.807, 2.05) is 32.9 Å². The number of ether oxygens (including phenoxy) is 1. The van der Waals surface area contributed by atoms with Crippen LogP contribution < -0.4 is 10.6 Å². The van der Waals surface area contributed by atoms with Crippen LogP contribution in [0.4, 0.5) is 4.39 Å². The lowest BCUT2D eigenvalue weighted by molar-refractivity contribution is 0.0782. The molecule has 0 aliphatic heterocycles. The first-order valence-corrected chi connectivity index (χ1v) is 8.00. The molecule has 22 heavy (non-hydrogen) atoms. The zero-order valence-corrected chi connectivity index (χ0v) is 13.9. The van der Waals surface area contributed by atoms with E-state index < -0.39 is 0 Å². The lowest BCUT2D eigenvalue weighted by Gasteiger charge is -2.12. The maximum atomic E-state index is 13.5. The van der Waals surface area contributed by atoms with E-state index in [1.54, 1.807) is 6.07 Å². The molecule has 124 valence electrons. The van der Waals surface area contributed by atoms with Crippen LogP contribution in [-0.2, 0) is 11.2 Å². The number of nitrogens with zero attached hydrogens (tertiary/aromatic N) is 1. The Hall–Kier alpha value is -1.62. The minimum atomic E-state index is -0.155. The van der Waals surface area contributed by atoms with Crippen molar-refractivity contribution in [2.45, 2.75) is 39.7 Å². The number of rotatable bonds is 9. The molecule has 1 rings (SSSR count). The van der Waals surface area contributed by atoms with Gasteiger partial charge in [0.25, 0.3) is 0 Å². The van der Waals surface area contributed by atoms with Gasteiger partial charge >= 0.3 is 0 Å². The van der Waals surface area contributed by atoms with Crippen molar-refractivity contribution in [3.63, 3.8) is 0 Å². The molecule has 0 heterocycles. The average Bonchev–Trinajstić information content (AvgIpc) is 2.48. The Morgan fingerprint density at radius 1 is 1.27 bits per heavy atom. The predicted octanol–water partition coefficient (Wildman–Crippen LogP) is 2.74. The van der Waals surface area contributed by atoms with Gasteiger partial charge in [-0.1, -0.05) is 18.2 Å². The minimum absolute atomic E-state index is 0.155. The second kappa shape index (κ2) is 11.0. The Kier molecular flexibility index (Phi) is 9.23. The molecular weight excluding hydrogens is 281 g/mol. The smallest absolute Gasteiger partial charge is 0.191 e. The minimum Gasteiger partial charge on any atom is -0.379 e. The Morgan fingerprint density at radius 3 is 2.73 bits per heavy atom. The largest absolute Gasteiger partial charge is 0.379 e. The summed E-state index contributed by atoms with van der Waals surface area (Å²) < 4.78 is 19.0. The van der Waals surface area contributed by atoms with Gasteiger partial charge in [-0.3, -0.25) is 4.99 Å². The van der Waals surface area contributed by atoms with Crippen molar-refractivity contribution in [2.75, 3.05) is 26.2 Å². The summed E-state index contributed by atoms with van der Waals surface area (Å²) in [5.74, 6) is 0.612. The molecule has 0 aliphatic carbocycles. The van der Waals surface area contributed by atoms with Gasteiger partial charge in [-0.25, -0.2) is 4.39 Å². The van der Waals surface area contributed by atoms with Crippen LogP contribution in [0.25, 0.3) is 0 Å². The molecule has 2 N–H and O–H groups in total. The summed E-state index contributed by atoms with van der Waals surface area (Å²) >= 11 is 0. The van der Waals surface area contributed by atoms with E-state index in [2.05, 4.69) is 15.6 Å². The highest BCUT2D eigenvalue weighted by Crippen LogP contribution is 2.06. The lowest BCUT2D eigenvalue weighted by atomic mass is 10.1. The Balaban J connectivity index is 2.32. The molecule has 0 fully saturated rings. The number of hydrogen-bond donors (Lipinski definition) is 2. The zero-order chi connectivity index (χ0) is 16.2. The van der Waals surface area contributed by atoms with Crippen molar-refractivity contribution in [2.24, 2.45) is 4.99 Å². The average molecular weight is 309 g/mol. The summed E-state index contributed by atoms with van der Waals surface area (Å²) in [6.45, 7) is 8.95. The predicted molar refractivity (Wildman–Crippen MR) is 89.8 cm³/mol. The number of benzene rings is 1. The number of halogens is 1. The van der Waals surface area contributed by atoms with E-state index in [0.717, 1.165) is 31.1 Å². The molecule has 0 aromatic heterocycles. The second-order valence-corrected chi connectivity index (χ2v) is 5.30. The van der Waals surface area contributed by atoms with Crippen LogP contribution in [0.3, 0.4) is 0 Å². The van der Waals surface area contributed by atoms with E-state index in [9.17, 15) is 4.39 Å². The highest BCUT2D eigenvalue weighted by Gasteiger charge is 2.01. The maximum Gasteiger partial charge on any atom is 0.191 e. The molecule has 1 aromatic carbocycles. The van der Waals surface area contributed by atoms with Crippen LogP contribution in [-0.4, -0.2) is 38.3 Å². The molecule has 0 aliphatic rings. The highest BCUT2D eigenvalue weighted by molar-refractivity contribution is 5.79. The van der Waals surface area contributed by atoms with E-state index >= 15 is 0 Å². The third-order valence-electron chi connectivity index (χ3n) is 3.01. The molecule has 0 saturated heterocycles. The molecule has 0 amide bonds. The molecule has 0 atom stereocenters. The fourth-order valence-corrected chi connectivity index (χ4v) is 1.93. The molecule has 0 radical (unpaired) electrons. The molecule has 0 saturated carbocycles. The molecule has 0 bridgehead atoms. The molecule has 0 unspecified atom stereocenters. The van der Waals surface area contributed by atoms with E-state index in [1.165, 1.54) is 6.07 Å². The molecule has 0 spiro atoms. The van der Waals surface area contributed by atoms with Crippen LogP contribution in [0.2, 0.25) is 0 Å². The summed E-state index contributed by atoms with van der Waals surface area (Å²) in [6, 6.07) is 6.86. The van der Waals surface area contributed by atoms with Crippen LogP contribution in [0.15, 0.2) is 29.3 Å². The van der Waals surface area contributed by atoms with Gasteiger partial charge < -0.3 is 15.4 Å². The first-order valence-electron chi connectivity index (χ1n) is 8.00. The van der Waals surface area contributed by atoms with Gasteiger partial charge in [0, 0.05) is 26.2 Å². The Bertz CT molecular complexity index is 449. The van der Waals surface area contributed by atoms with Crippen molar-refractivity contribution in [1.29, 1.82) is 0 Å². The van der Waals surface area contributed by atoms with E-state index in [4.69, 9.17) is 4.74 Å². The standard InChI is InChI=1S/C17H28FN3O/c1-4-19-17(20-11-7-13-22-14(2)3)21-12-10-15-8-5-6-9-16(15)18/h5-6,8-9,14H,4,7,10-13H2,1-3H3,(H2,19,20,21). The molecular formula is C17H28FN3O.